The minimum atomic E-state index is -0.0948. The molecule has 4 heterocycles. The second kappa shape index (κ2) is 13.0. The molecule has 0 atom stereocenters. The topological polar surface area (TPSA) is 41.6 Å². The van der Waals surface area contributed by atoms with Gasteiger partial charge in [0.15, 0.2) is 0 Å². The molecule has 0 fully saturated rings. The van der Waals surface area contributed by atoms with E-state index in [4.69, 9.17) is 9.97 Å². The van der Waals surface area contributed by atoms with Gasteiger partial charge in [0.2, 0.25) is 0 Å². The van der Waals surface area contributed by atoms with Gasteiger partial charge in [0.05, 0.1) is 33.8 Å². The van der Waals surface area contributed by atoms with Crippen LogP contribution in [0.2, 0.25) is 0 Å². The maximum absolute atomic E-state index is 5.54. The number of fused-ring (bicyclic) bond motifs is 11. The van der Waals surface area contributed by atoms with Crippen LogP contribution in [0.15, 0.2) is 158 Å². The number of hydrogen-bond donors (Lipinski definition) is 1. The molecule has 0 unspecified atom stereocenters. The van der Waals surface area contributed by atoms with Crippen molar-refractivity contribution in [1.29, 1.82) is 0 Å². The molecule has 3 aromatic heterocycles. The lowest BCUT2D eigenvalue weighted by atomic mass is 9.83. The highest BCUT2D eigenvalue weighted by Crippen LogP contribution is 2.44. The molecule has 0 amide bonds. The fraction of sp³-hybridized carbons (Fsp3) is 0.148. The van der Waals surface area contributed by atoms with Crippen LogP contribution < -0.4 is 0 Å². The molecule has 276 valence electrons. The fourth-order valence-corrected chi connectivity index (χ4v) is 8.29. The van der Waals surface area contributed by atoms with Crippen LogP contribution in [-0.4, -0.2) is 15.0 Å². The Hall–Kier alpha value is -6.58. The minimum Gasteiger partial charge on any atom is -0.353 e. The second-order valence-corrected chi connectivity index (χ2v) is 17.7. The number of H-pyrrole nitrogens is 1. The van der Waals surface area contributed by atoms with Gasteiger partial charge in [0, 0.05) is 33.0 Å². The van der Waals surface area contributed by atoms with Crippen LogP contribution in [0.25, 0.3) is 100 Å². The van der Waals surface area contributed by atoms with Crippen LogP contribution in [0.1, 0.15) is 52.7 Å². The fourth-order valence-electron chi connectivity index (χ4n) is 8.29. The van der Waals surface area contributed by atoms with E-state index in [9.17, 15) is 0 Å². The summed E-state index contributed by atoms with van der Waals surface area (Å²) in [5, 5.41) is 2.41. The molecule has 8 bridgehead atoms. The Kier molecular flexibility index (Phi) is 7.95. The minimum absolute atomic E-state index is 0.0883. The zero-order valence-electron chi connectivity index (χ0n) is 33.4. The number of pyridine rings is 2. The molecule has 3 heteroatoms. The first-order valence-corrected chi connectivity index (χ1v) is 20.0. The van der Waals surface area contributed by atoms with E-state index in [2.05, 4.69) is 204 Å². The molecule has 0 aliphatic carbocycles. The zero-order chi connectivity index (χ0) is 39.1. The molecule has 10 rings (SSSR count). The van der Waals surface area contributed by atoms with Crippen molar-refractivity contribution in [3.63, 3.8) is 0 Å². The summed E-state index contributed by atoms with van der Waals surface area (Å²) in [5.41, 5.74) is 19.6. The van der Waals surface area contributed by atoms with Crippen LogP contribution in [0.3, 0.4) is 0 Å². The van der Waals surface area contributed by atoms with E-state index in [1.807, 2.05) is 0 Å². The van der Waals surface area contributed by atoms with Crippen LogP contribution in [0.4, 0.5) is 0 Å². The van der Waals surface area contributed by atoms with Gasteiger partial charge in [-0.25, -0.2) is 9.97 Å². The lowest BCUT2D eigenvalue weighted by molar-refractivity contribution is 0.590. The number of hydrogen-bond acceptors (Lipinski definition) is 2. The van der Waals surface area contributed by atoms with Crippen LogP contribution in [0.5, 0.6) is 0 Å². The Morgan fingerprint density at radius 3 is 1.14 bits per heavy atom. The standard InChI is InChI=1S/C54H45N3/c1-53(2,3)41-29-43-44-30-42(54(4,5)6)32-46-50-28-40(36-22-20-35(21-23-36)33-14-9-7-10-15-33)26-48(56-50)38-19-13-18-37(24-38)47-25-39(34-16-11-8-12-17-34)27-49(55-47)45(31-41)51(43)57-52(44)46/h7-32,57H,1-6H3. The van der Waals surface area contributed by atoms with Crippen LogP contribution >= 0.6 is 0 Å². The molecule has 9 aromatic rings. The van der Waals surface area contributed by atoms with Gasteiger partial charge >= 0.3 is 0 Å². The number of aromatic nitrogens is 3. The van der Waals surface area contributed by atoms with Crippen molar-refractivity contribution in [2.45, 2.75) is 52.4 Å². The SMILES string of the molecule is CC(C)(C)c1cc2c3[nH]c4c(cc(C(C)(C)C)cc4c3c1)-c1cc(-c3ccc(-c4ccccc4)cc3)cc(n1)-c1cccc(c1)-c1cc(-c3ccccc3)cc-2n1. The smallest absolute Gasteiger partial charge is 0.0736 e. The molecule has 0 spiro atoms. The first-order valence-electron chi connectivity index (χ1n) is 20.0. The average molecular weight is 736 g/mol. The predicted molar refractivity (Wildman–Crippen MR) is 240 cm³/mol. The summed E-state index contributed by atoms with van der Waals surface area (Å²) < 4.78 is 0. The second-order valence-electron chi connectivity index (χ2n) is 17.7. The normalized spacial score (nSPS) is 12.4. The maximum Gasteiger partial charge on any atom is 0.0736 e. The summed E-state index contributed by atoms with van der Waals surface area (Å²) in [6.07, 6.45) is 0. The lowest BCUT2D eigenvalue weighted by Gasteiger charge is -2.22. The molecule has 0 radical (unpaired) electrons. The van der Waals surface area contributed by atoms with Crippen molar-refractivity contribution in [2.75, 3.05) is 0 Å². The Morgan fingerprint density at radius 1 is 0.333 bits per heavy atom. The Labute approximate surface area is 335 Å². The molecule has 1 aliphatic rings. The quantitative estimate of drug-likeness (QED) is 0.196. The molecule has 6 aromatic carbocycles. The summed E-state index contributed by atoms with van der Waals surface area (Å²) in [4.78, 5) is 15.1. The van der Waals surface area contributed by atoms with E-state index >= 15 is 0 Å². The monoisotopic (exact) mass is 735 g/mol. The number of nitrogens with zero attached hydrogens (tertiary/aromatic N) is 2. The summed E-state index contributed by atoms with van der Waals surface area (Å²) in [6, 6.07) is 57.5. The van der Waals surface area contributed by atoms with Gasteiger partial charge < -0.3 is 4.98 Å². The summed E-state index contributed by atoms with van der Waals surface area (Å²) in [5.74, 6) is 0. The summed E-state index contributed by atoms with van der Waals surface area (Å²) >= 11 is 0. The van der Waals surface area contributed by atoms with E-state index in [0.717, 1.165) is 78.3 Å². The molecule has 1 N–H and O–H groups in total. The van der Waals surface area contributed by atoms with Crippen molar-refractivity contribution in [1.82, 2.24) is 15.0 Å². The third-order valence-corrected chi connectivity index (χ3v) is 11.6. The largest absolute Gasteiger partial charge is 0.353 e. The molecular weight excluding hydrogens is 691 g/mol. The zero-order valence-corrected chi connectivity index (χ0v) is 33.4. The maximum atomic E-state index is 5.54. The van der Waals surface area contributed by atoms with Gasteiger partial charge in [0.1, 0.15) is 0 Å². The van der Waals surface area contributed by atoms with Gasteiger partial charge in [0.25, 0.3) is 0 Å². The predicted octanol–water partition coefficient (Wildman–Crippen LogP) is 14.7. The van der Waals surface area contributed by atoms with Gasteiger partial charge in [-0.15, -0.1) is 0 Å². The number of aromatic amines is 1. The van der Waals surface area contributed by atoms with Crippen molar-refractivity contribution in [2.24, 2.45) is 0 Å². The highest BCUT2D eigenvalue weighted by Gasteiger charge is 2.25. The van der Waals surface area contributed by atoms with Gasteiger partial charge in [-0.05, 0) is 110 Å². The number of rotatable bonds is 3. The molecule has 0 saturated carbocycles. The highest BCUT2D eigenvalue weighted by atomic mass is 14.8. The number of benzene rings is 6. The van der Waals surface area contributed by atoms with E-state index in [1.54, 1.807) is 0 Å². The molecule has 0 saturated heterocycles. The van der Waals surface area contributed by atoms with E-state index in [0.29, 0.717) is 0 Å². The molecular formula is C54H45N3. The lowest BCUT2D eigenvalue weighted by Crippen LogP contribution is -2.11. The first-order chi connectivity index (χ1) is 27.5. The van der Waals surface area contributed by atoms with Crippen LogP contribution in [-0.2, 0) is 10.8 Å². The van der Waals surface area contributed by atoms with Crippen molar-refractivity contribution in [3.05, 3.63) is 169 Å². The van der Waals surface area contributed by atoms with Crippen molar-refractivity contribution < 1.29 is 0 Å². The molecule has 3 nitrogen and oxygen atoms in total. The van der Waals surface area contributed by atoms with E-state index < -0.39 is 0 Å². The third kappa shape index (κ3) is 6.24. The Bertz CT molecular complexity index is 2990. The Balaban J connectivity index is 1.33. The van der Waals surface area contributed by atoms with Crippen molar-refractivity contribution in [3.8, 4) is 78.4 Å². The molecule has 1 aliphatic heterocycles. The van der Waals surface area contributed by atoms with E-state index in [-0.39, 0.29) is 10.8 Å². The van der Waals surface area contributed by atoms with Crippen molar-refractivity contribution >= 4 is 21.8 Å². The van der Waals surface area contributed by atoms with Gasteiger partial charge in [-0.1, -0.05) is 145 Å². The first kappa shape index (κ1) is 34.9. The van der Waals surface area contributed by atoms with E-state index in [1.165, 1.54) is 33.0 Å². The summed E-state index contributed by atoms with van der Waals surface area (Å²) in [6.45, 7) is 13.8. The number of nitrogens with one attached hydrogen (secondary N) is 1. The van der Waals surface area contributed by atoms with Crippen LogP contribution in [0, 0.1) is 0 Å². The van der Waals surface area contributed by atoms with Gasteiger partial charge in [-0.3, -0.25) is 0 Å². The average Bonchev–Trinajstić information content (AvgIpc) is 3.61. The Morgan fingerprint density at radius 2 is 0.702 bits per heavy atom. The third-order valence-electron chi connectivity index (χ3n) is 11.6. The molecule has 57 heavy (non-hydrogen) atoms. The van der Waals surface area contributed by atoms with Gasteiger partial charge in [-0.2, -0.15) is 0 Å². The highest BCUT2D eigenvalue weighted by molar-refractivity contribution is 6.16. The summed E-state index contributed by atoms with van der Waals surface area (Å²) in [7, 11) is 0.